The topological polar surface area (TPSA) is 43.4 Å². The Balaban J connectivity index is 1.20. The lowest BCUT2D eigenvalue weighted by molar-refractivity contribution is -0.0839. The van der Waals surface area contributed by atoms with Crippen LogP contribution in [-0.2, 0) is 16.0 Å². The summed E-state index contributed by atoms with van der Waals surface area (Å²) in [5.41, 5.74) is 0.998. The maximum atomic E-state index is 6.10. The Bertz CT molecular complexity index is 898. The Hall–Kier alpha value is -1.54. The highest BCUT2D eigenvalue weighted by Gasteiger charge is 2.35. The number of methoxy groups -OCH3 is 1. The zero-order chi connectivity index (χ0) is 23.8. The molecule has 0 aliphatic carbocycles. The summed E-state index contributed by atoms with van der Waals surface area (Å²) < 4.78 is 23.2. The molecule has 8 heteroatoms. The Kier molecular flexibility index (Phi) is 9.34. The molecule has 2 aromatic rings. The van der Waals surface area contributed by atoms with E-state index in [1.165, 1.54) is 5.56 Å². The number of halogens is 2. The van der Waals surface area contributed by atoms with Crippen molar-refractivity contribution >= 4 is 23.2 Å². The van der Waals surface area contributed by atoms with Gasteiger partial charge in [0, 0.05) is 52.4 Å². The third-order valence-corrected chi connectivity index (χ3v) is 7.44. The lowest BCUT2D eigenvalue weighted by atomic mass is 9.91. The monoisotopic (exact) mass is 508 g/mol. The summed E-state index contributed by atoms with van der Waals surface area (Å²) in [6.45, 7) is 8.58. The first-order chi connectivity index (χ1) is 16.5. The van der Waals surface area contributed by atoms with Crippen molar-refractivity contribution in [2.45, 2.75) is 25.0 Å². The molecule has 0 bridgehead atoms. The molecule has 34 heavy (non-hydrogen) atoms. The molecule has 0 unspecified atom stereocenters. The summed E-state index contributed by atoms with van der Waals surface area (Å²) in [4.78, 5) is 4.84. The second-order valence-corrected chi connectivity index (χ2v) is 9.79. The van der Waals surface area contributed by atoms with E-state index in [1.54, 1.807) is 19.2 Å². The van der Waals surface area contributed by atoms with Crippen molar-refractivity contribution in [2.24, 2.45) is 0 Å². The zero-order valence-corrected chi connectivity index (χ0v) is 21.3. The SMILES string of the molecule is COC1(COc2ccc(Cl)c(Cl)c2)CCN(Cc2ccc(OCCN3CCOCC3)cc2)CC1. The predicted octanol–water partition coefficient (Wildman–Crippen LogP) is 4.76. The van der Waals surface area contributed by atoms with E-state index in [0.29, 0.717) is 29.0 Å². The number of hydrogen-bond donors (Lipinski definition) is 0. The second kappa shape index (κ2) is 12.4. The van der Waals surface area contributed by atoms with Crippen LogP contribution in [0.25, 0.3) is 0 Å². The van der Waals surface area contributed by atoms with Crippen LogP contribution < -0.4 is 9.47 Å². The van der Waals surface area contributed by atoms with Gasteiger partial charge in [-0.05, 0) is 42.7 Å². The minimum Gasteiger partial charge on any atom is -0.492 e. The van der Waals surface area contributed by atoms with Crippen molar-refractivity contribution in [2.75, 3.05) is 66.3 Å². The highest BCUT2D eigenvalue weighted by molar-refractivity contribution is 6.42. The number of hydrogen-bond acceptors (Lipinski definition) is 6. The highest BCUT2D eigenvalue weighted by atomic mass is 35.5. The molecule has 0 N–H and O–H groups in total. The first kappa shape index (κ1) is 25.5. The Morgan fingerprint density at radius 3 is 2.24 bits per heavy atom. The van der Waals surface area contributed by atoms with Crippen LogP contribution >= 0.6 is 23.2 Å². The molecule has 0 atom stereocenters. The molecular formula is C26H34Cl2N2O4. The normalized spacial score (nSPS) is 19.1. The first-order valence-corrected chi connectivity index (χ1v) is 12.7. The van der Waals surface area contributed by atoms with Gasteiger partial charge in [-0.2, -0.15) is 0 Å². The van der Waals surface area contributed by atoms with Gasteiger partial charge < -0.3 is 18.9 Å². The van der Waals surface area contributed by atoms with Gasteiger partial charge in [-0.15, -0.1) is 0 Å². The highest BCUT2D eigenvalue weighted by Crippen LogP contribution is 2.30. The zero-order valence-electron chi connectivity index (χ0n) is 19.8. The van der Waals surface area contributed by atoms with Gasteiger partial charge >= 0.3 is 0 Å². The molecule has 2 aliphatic heterocycles. The Morgan fingerprint density at radius 1 is 0.853 bits per heavy atom. The lowest BCUT2D eigenvalue weighted by Gasteiger charge is -2.40. The fourth-order valence-electron chi connectivity index (χ4n) is 4.37. The molecule has 0 spiro atoms. The predicted molar refractivity (Wildman–Crippen MR) is 135 cm³/mol. The van der Waals surface area contributed by atoms with E-state index in [4.69, 9.17) is 42.1 Å². The largest absolute Gasteiger partial charge is 0.492 e. The molecule has 0 amide bonds. The van der Waals surface area contributed by atoms with E-state index < -0.39 is 0 Å². The van der Waals surface area contributed by atoms with Crippen molar-refractivity contribution in [3.8, 4) is 11.5 Å². The molecule has 0 saturated carbocycles. The fourth-order valence-corrected chi connectivity index (χ4v) is 4.66. The van der Waals surface area contributed by atoms with Crippen molar-refractivity contribution in [1.29, 1.82) is 0 Å². The van der Waals surface area contributed by atoms with Gasteiger partial charge in [0.1, 0.15) is 30.3 Å². The molecule has 2 fully saturated rings. The van der Waals surface area contributed by atoms with Crippen molar-refractivity contribution in [1.82, 2.24) is 9.80 Å². The molecule has 6 nitrogen and oxygen atoms in total. The molecule has 2 aliphatic rings. The summed E-state index contributed by atoms with van der Waals surface area (Å²) in [5.74, 6) is 1.63. The average molecular weight is 509 g/mol. The summed E-state index contributed by atoms with van der Waals surface area (Å²) in [5, 5.41) is 1.02. The summed E-state index contributed by atoms with van der Waals surface area (Å²) >= 11 is 12.1. The van der Waals surface area contributed by atoms with Gasteiger partial charge in [-0.25, -0.2) is 0 Å². The Labute approximate surface area is 212 Å². The Morgan fingerprint density at radius 2 is 1.56 bits per heavy atom. The van der Waals surface area contributed by atoms with Crippen LogP contribution in [0.2, 0.25) is 10.0 Å². The van der Waals surface area contributed by atoms with Crippen molar-refractivity contribution in [3.63, 3.8) is 0 Å². The molecule has 186 valence electrons. The first-order valence-electron chi connectivity index (χ1n) is 11.9. The van der Waals surface area contributed by atoms with Crippen LogP contribution in [0.3, 0.4) is 0 Å². The number of rotatable bonds is 10. The number of benzene rings is 2. The quantitative estimate of drug-likeness (QED) is 0.460. The van der Waals surface area contributed by atoms with Crippen LogP contribution in [0, 0.1) is 0 Å². The minimum absolute atomic E-state index is 0.291. The molecule has 2 saturated heterocycles. The maximum Gasteiger partial charge on any atom is 0.121 e. The van der Waals surface area contributed by atoms with E-state index in [9.17, 15) is 0 Å². The smallest absolute Gasteiger partial charge is 0.121 e. The number of nitrogens with zero attached hydrogens (tertiary/aromatic N) is 2. The second-order valence-electron chi connectivity index (χ2n) is 8.97. The number of morpholine rings is 1. The van der Waals surface area contributed by atoms with Gasteiger partial charge in [0.15, 0.2) is 0 Å². The summed E-state index contributed by atoms with van der Waals surface area (Å²) in [7, 11) is 1.77. The number of piperidine rings is 1. The number of likely N-dealkylation sites (tertiary alicyclic amines) is 1. The third kappa shape index (κ3) is 7.23. The van der Waals surface area contributed by atoms with E-state index in [1.807, 2.05) is 6.07 Å². The lowest BCUT2D eigenvalue weighted by Crippen LogP contribution is -2.48. The minimum atomic E-state index is -0.291. The van der Waals surface area contributed by atoms with Gasteiger partial charge in [-0.3, -0.25) is 9.80 Å². The summed E-state index contributed by atoms with van der Waals surface area (Å²) in [6.07, 6.45) is 1.82. The maximum absolute atomic E-state index is 6.10. The van der Waals surface area contributed by atoms with E-state index in [-0.39, 0.29) is 5.60 Å². The molecule has 0 aromatic heterocycles. The van der Waals surface area contributed by atoms with Crippen molar-refractivity contribution < 1.29 is 18.9 Å². The standard InChI is InChI=1S/C26H34Cl2N2O4/c1-31-26(20-34-23-6-7-24(27)25(28)18-23)8-10-30(11-9-26)19-21-2-4-22(5-3-21)33-17-14-29-12-15-32-16-13-29/h2-7,18H,8-17,19-20H2,1H3. The van der Waals surface area contributed by atoms with Crippen molar-refractivity contribution in [3.05, 3.63) is 58.1 Å². The van der Waals surface area contributed by atoms with Gasteiger partial charge in [0.25, 0.3) is 0 Å². The molecule has 4 rings (SSSR count). The average Bonchev–Trinajstić information content (AvgIpc) is 2.87. The van der Waals surface area contributed by atoms with Crippen LogP contribution in [0.5, 0.6) is 11.5 Å². The van der Waals surface area contributed by atoms with Crippen LogP contribution in [0.4, 0.5) is 0 Å². The molecular weight excluding hydrogens is 475 g/mol. The van der Waals surface area contributed by atoms with Gasteiger partial charge in [0.2, 0.25) is 0 Å². The summed E-state index contributed by atoms with van der Waals surface area (Å²) in [6, 6.07) is 13.8. The third-order valence-electron chi connectivity index (χ3n) is 6.70. The molecule has 2 aromatic carbocycles. The molecule has 0 radical (unpaired) electrons. The molecule has 2 heterocycles. The van der Waals surface area contributed by atoms with E-state index >= 15 is 0 Å². The van der Waals surface area contributed by atoms with Gasteiger partial charge in [0.05, 0.1) is 23.3 Å². The van der Waals surface area contributed by atoms with E-state index in [2.05, 4.69) is 34.1 Å². The fraction of sp³-hybridized carbons (Fsp3) is 0.538. The van der Waals surface area contributed by atoms with Crippen LogP contribution in [-0.4, -0.2) is 81.7 Å². The van der Waals surface area contributed by atoms with E-state index in [0.717, 1.165) is 71.1 Å². The van der Waals surface area contributed by atoms with Crippen LogP contribution in [0.1, 0.15) is 18.4 Å². The van der Waals surface area contributed by atoms with Gasteiger partial charge in [-0.1, -0.05) is 35.3 Å². The number of ether oxygens (including phenoxy) is 4. The van der Waals surface area contributed by atoms with Crippen LogP contribution in [0.15, 0.2) is 42.5 Å².